The molecule has 2 heteroatoms. The molecule has 2 nitrogen and oxygen atoms in total. The fraction of sp³-hybridized carbons (Fsp3) is 0.556. The summed E-state index contributed by atoms with van der Waals surface area (Å²) >= 11 is 0. The van der Waals surface area contributed by atoms with E-state index in [0.29, 0.717) is 6.54 Å². The van der Waals surface area contributed by atoms with Gasteiger partial charge in [0, 0.05) is 6.42 Å². The van der Waals surface area contributed by atoms with Gasteiger partial charge in [-0.25, -0.2) is 0 Å². The highest BCUT2D eigenvalue weighted by molar-refractivity contribution is 5.10. The molecule has 0 spiro atoms. The molecule has 0 bridgehead atoms. The second-order valence-electron chi connectivity index (χ2n) is 2.77. The van der Waals surface area contributed by atoms with Crippen molar-refractivity contribution in [3.63, 3.8) is 0 Å². The summed E-state index contributed by atoms with van der Waals surface area (Å²) < 4.78 is 5.37. The maximum atomic E-state index is 5.43. The monoisotopic (exact) mass is 153 g/mol. The van der Waals surface area contributed by atoms with Crippen LogP contribution >= 0.6 is 0 Å². The van der Waals surface area contributed by atoms with Crippen molar-refractivity contribution in [3.8, 4) is 0 Å². The average molecular weight is 153 g/mol. The Bertz CT molecular complexity index is 182. The summed E-state index contributed by atoms with van der Waals surface area (Å²) in [5, 5.41) is 0. The second kappa shape index (κ2) is 4.19. The zero-order chi connectivity index (χ0) is 8.10. The molecule has 0 amide bonds. The number of ether oxygens (including phenoxy) is 1. The van der Waals surface area contributed by atoms with Crippen molar-refractivity contribution in [2.75, 3.05) is 6.54 Å². The van der Waals surface area contributed by atoms with Crippen molar-refractivity contribution in [1.82, 2.24) is 0 Å². The molecule has 1 aliphatic rings. The fourth-order valence-electron chi connectivity index (χ4n) is 1.14. The summed E-state index contributed by atoms with van der Waals surface area (Å²) in [6, 6.07) is 0. The van der Waals surface area contributed by atoms with Gasteiger partial charge in [0.1, 0.15) is 5.76 Å². The fourth-order valence-corrected chi connectivity index (χ4v) is 1.14. The Morgan fingerprint density at radius 2 is 2.45 bits per heavy atom. The number of rotatable bonds is 2. The van der Waals surface area contributed by atoms with Crippen LogP contribution in [0.1, 0.15) is 26.2 Å². The molecule has 0 aromatic rings. The van der Waals surface area contributed by atoms with Gasteiger partial charge in [-0.05, 0) is 38.0 Å². The Kier molecular flexibility index (Phi) is 3.17. The van der Waals surface area contributed by atoms with Crippen LogP contribution in [0.25, 0.3) is 0 Å². The van der Waals surface area contributed by atoms with Crippen LogP contribution in [0, 0.1) is 0 Å². The van der Waals surface area contributed by atoms with Gasteiger partial charge in [0.05, 0.1) is 6.26 Å². The molecule has 1 rings (SSSR count). The quantitative estimate of drug-likeness (QED) is 0.658. The van der Waals surface area contributed by atoms with Gasteiger partial charge < -0.3 is 10.5 Å². The summed E-state index contributed by atoms with van der Waals surface area (Å²) in [5.41, 5.74) is 6.77. The molecule has 0 atom stereocenters. The molecule has 0 saturated heterocycles. The minimum atomic E-state index is 0.667. The number of allylic oxidation sites excluding steroid dienone is 2. The summed E-state index contributed by atoms with van der Waals surface area (Å²) in [6.45, 7) is 2.78. The second-order valence-corrected chi connectivity index (χ2v) is 2.77. The molecule has 2 N–H and O–H groups in total. The van der Waals surface area contributed by atoms with Gasteiger partial charge in [-0.1, -0.05) is 0 Å². The standard InChI is InChI=1S/C9H15NO/c1-8-4-2-3-7-11-9(8)5-6-10/h3,7H,2,4-6,10H2,1H3. The third-order valence-corrected chi connectivity index (χ3v) is 1.84. The lowest BCUT2D eigenvalue weighted by Gasteiger charge is -2.06. The van der Waals surface area contributed by atoms with Gasteiger partial charge in [0.2, 0.25) is 0 Å². The molecule has 0 aliphatic carbocycles. The Labute approximate surface area is 67.7 Å². The first-order valence-electron chi connectivity index (χ1n) is 4.05. The van der Waals surface area contributed by atoms with Crippen LogP contribution in [-0.2, 0) is 4.74 Å². The molecule has 0 radical (unpaired) electrons. The van der Waals surface area contributed by atoms with Gasteiger partial charge in [-0.3, -0.25) is 0 Å². The van der Waals surface area contributed by atoms with Crippen LogP contribution in [0.4, 0.5) is 0 Å². The van der Waals surface area contributed by atoms with Gasteiger partial charge in [-0.15, -0.1) is 0 Å². The minimum absolute atomic E-state index is 0.667. The molecule has 0 fully saturated rings. The van der Waals surface area contributed by atoms with Crippen molar-refractivity contribution in [2.45, 2.75) is 26.2 Å². The average Bonchev–Trinajstić information content (AvgIpc) is 2.18. The number of nitrogens with two attached hydrogens (primary N) is 1. The molecule has 11 heavy (non-hydrogen) atoms. The Morgan fingerprint density at radius 3 is 3.18 bits per heavy atom. The van der Waals surface area contributed by atoms with Gasteiger partial charge in [0.15, 0.2) is 0 Å². The summed E-state index contributed by atoms with van der Waals surface area (Å²) in [7, 11) is 0. The summed E-state index contributed by atoms with van der Waals surface area (Å²) in [4.78, 5) is 0. The molecule has 0 saturated carbocycles. The summed E-state index contributed by atoms with van der Waals surface area (Å²) in [5.74, 6) is 1.06. The van der Waals surface area contributed by atoms with Crippen LogP contribution in [0.15, 0.2) is 23.7 Å². The van der Waals surface area contributed by atoms with Crippen molar-refractivity contribution in [3.05, 3.63) is 23.7 Å². The number of hydrogen-bond acceptors (Lipinski definition) is 2. The van der Waals surface area contributed by atoms with E-state index in [0.717, 1.165) is 25.0 Å². The maximum absolute atomic E-state index is 5.43. The van der Waals surface area contributed by atoms with Crippen molar-refractivity contribution >= 4 is 0 Å². The lowest BCUT2D eigenvalue weighted by Crippen LogP contribution is -2.02. The van der Waals surface area contributed by atoms with E-state index in [1.807, 2.05) is 6.08 Å². The molecular weight excluding hydrogens is 138 g/mol. The van der Waals surface area contributed by atoms with Crippen LogP contribution < -0.4 is 5.73 Å². The van der Waals surface area contributed by atoms with Crippen LogP contribution in [0.2, 0.25) is 0 Å². The van der Waals surface area contributed by atoms with E-state index < -0.39 is 0 Å². The summed E-state index contributed by atoms with van der Waals surface area (Å²) in [6.07, 6.45) is 6.86. The third kappa shape index (κ3) is 2.39. The van der Waals surface area contributed by atoms with E-state index in [1.165, 1.54) is 5.57 Å². The van der Waals surface area contributed by atoms with E-state index in [9.17, 15) is 0 Å². The van der Waals surface area contributed by atoms with Crippen molar-refractivity contribution in [1.29, 1.82) is 0 Å². The third-order valence-electron chi connectivity index (χ3n) is 1.84. The van der Waals surface area contributed by atoms with Crippen LogP contribution in [-0.4, -0.2) is 6.54 Å². The lowest BCUT2D eigenvalue weighted by molar-refractivity contribution is 0.330. The highest BCUT2D eigenvalue weighted by Gasteiger charge is 2.04. The van der Waals surface area contributed by atoms with E-state index in [1.54, 1.807) is 6.26 Å². The van der Waals surface area contributed by atoms with E-state index in [4.69, 9.17) is 10.5 Å². The molecule has 1 heterocycles. The topological polar surface area (TPSA) is 35.2 Å². The number of hydrogen-bond donors (Lipinski definition) is 1. The molecule has 1 aliphatic heterocycles. The Balaban J connectivity index is 2.60. The minimum Gasteiger partial charge on any atom is -0.470 e. The van der Waals surface area contributed by atoms with E-state index in [-0.39, 0.29) is 0 Å². The maximum Gasteiger partial charge on any atom is 0.103 e. The molecule has 62 valence electrons. The first-order valence-corrected chi connectivity index (χ1v) is 4.05. The molecule has 0 unspecified atom stereocenters. The lowest BCUT2D eigenvalue weighted by atomic mass is 10.1. The molecule has 0 aromatic heterocycles. The SMILES string of the molecule is CC1=C(CCN)OC=CCC1. The van der Waals surface area contributed by atoms with Gasteiger partial charge >= 0.3 is 0 Å². The Morgan fingerprint density at radius 1 is 1.64 bits per heavy atom. The zero-order valence-corrected chi connectivity index (χ0v) is 6.97. The molecule has 0 aromatic carbocycles. The smallest absolute Gasteiger partial charge is 0.103 e. The van der Waals surface area contributed by atoms with Crippen molar-refractivity contribution in [2.24, 2.45) is 5.73 Å². The van der Waals surface area contributed by atoms with Crippen LogP contribution in [0.3, 0.4) is 0 Å². The highest BCUT2D eigenvalue weighted by atomic mass is 16.5. The predicted octanol–water partition coefficient (Wildman–Crippen LogP) is 1.93. The molecular formula is C9H15NO. The van der Waals surface area contributed by atoms with E-state index in [2.05, 4.69) is 6.92 Å². The predicted molar refractivity (Wildman–Crippen MR) is 45.8 cm³/mol. The van der Waals surface area contributed by atoms with Crippen molar-refractivity contribution < 1.29 is 4.74 Å². The van der Waals surface area contributed by atoms with E-state index >= 15 is 0 Å². The highest BCUT2D eigenvalue weighted by Crippen LogP contribution is 2.18. The van der Waals surface area contributed by atoms with Gasteiger partial charge in [0.25, 0.3) is 0 Å². The van der Waals surface area contributed by atoms with Gasteiger partial charge in [-0.2, -0.15) is 0 Å². The zero-order valence-electron chi connectivity index (χ0n) is 6.97. The largest absolute Gasteiger partial charge is 0.470 e. The first kappa shape index (κ1) is 8.34. The van der Waals surface area contributed by atoms with Crippen LogP contribution in [0.5, 0.6) is 0 Å². The Hall–Kier alpha value is -0.760. The normalized spacial score (nSPS) is 18.0. The first-order chi connectivity index (χ1) is 5.34.